The maximum atomic E-state index is 4.31. The normalized spacial score (nSPS) is 11.5. The number of aliphatic imine (C=N–C) groups is 1. The second kappa shape index (κ2) is 11.8. The van der Waals surface area contributed by atoms with Crippen molar-refractivity contribution in [2.45, 2.75) is 18.4 Å². The van der Waals surface area contributed by atoms with Crippen LogP contribution in [-0.4, -0.2) is 52.6 Å². The molecule has 3 N–H and O–H groups in total. The smallest absolute Gasteiger partial charge is 0.191 e. The van der Waals surface area contributed by atoms with Crippen LogP contribution in [0.4, 0.5) is 0 Å². The quantitative estimate of drug-likeness (QED) is 0.335. The molecule has 0 bridgehead atoms. The molecule has 0 atom stereocenters. The molecule has 0 aliphatic rings. The summed E-state index contributed by atoms with van der Waals surface area (Å²) in [7, 11) is 1.80. The van der Waals surface area contributed by atoms with E-state index >= 15 is 0 Å². The molecule has 0 spiro atoms. The minimum Gasteiger partial charge on any atom is -0.356 e. The highest BCUT2D eigenvalue weighted by atomic mass is 32.2. The molecular weight excluding hydrogens is 352 g/mol. The Hall–Kier alpha value is -1.67. The van der Waals surface area contributed by atoms with Crippen molar-refractivity contribution in [3.8, 4) is 0 Å². The molecule has 0 aromatic carbocycles. The predicted octanol–water partition coefficient (Wildman–Crippen LogP) is 2.44. The molecule has 0 saturated heterocycles. The van der Waals surface area contributed by atoms with Crippen LogP contribution in [0.2, 0.25) is 0 Å². The van der Waals surface area contributed by atoms with Crippen LogP contribution >= 0.6 is 23.5 Å². The lowest BCUT2D eigenvalue weighted by atomic mass is 10.3. The van der Waals surface area contributed by atoms with Gasteiger partial charge in [-0.1, -0.05) is 6.07 Å². The van der Waals surface area contributed by atoms with Crippen LogP contribution in [0.5, 0.6) is 0 Å². The lowest BCUT2D eigenvalue weighted by Crippen LogP contribution is -2.39. The molecule has 2 aromatic heterocycles. The van der Waals surface area contributed by atoms with Crippen molar-refractivity contribution >= 4 is 29.5 Å². The summed E-state index contributed by atoms with van der Waals surface area (Å²) in [4.78, 5) is 15.8. The number of thioether (sulfide) groups is 2. The van der Waals surface area contributed by atoms with Crippen molar-refractivity contribution in [1.82, 2.24) is 25.6 Å². The van der Waals surface area contributed by atoms with Crippen molar-refractivity contribution in [2.24, 2.45) is 4.99 Å². The highest BCUT2D eigenvalue weighted by Crippen LogP contribution is 2.11. The number of nitrogens with zero attached hydrogens (tertiary/aromatic N) is 3. The van der Waals surface area contributed by atoms with Crippen molar-refractivity contribution < 1.29 is 0 Å². The van der Waals surface area contributed by atoms with E-state index in [0.717, 1.165) is 53.4 Å². The number of hydrogen-bond acceptors (Lipinski definition) is 5. The van der Waals surface area contributed by atoms with Crippen molar-refractivity contribution in [3.05, 3.63) is 47.8 Å². The second-order valence-corrected chi connectivity index (χ2v) is 7.58. The maximum absolute atomic E-state index is 4.31. The summed E-state index contributed by atoms with van der Waals surface area (Å²) in [6.45, 7) is 3.83. The molecule has 0 aliphatic heterocycles. The van der Waals surface area contributed by atoms with Crippen LogP contribution in [0.1, 0.15) is 17.0 Å². The van der Waals surface area contributed by atoms with Crippen LogP contribution in [0, 0.1) is 6.92 Å². The molecule has 136 valence electrons. The van der Waals surface area contributed by atoms with Gasteiger partial charge in [-0.3, -0.25) is 9.98 Å². The SMILES string of the molecule is CN=C(NCCSCc1cccnc1)NCCSCc1nc[nH]c1C. The molecule has 0 amide bonds. The minimum atomic E-state index is 0.860. The van der Waals surface area contributed by atoms with Gasteiger partial charge in [-0.05, 0) is 18.6 Å². The minimum absolute atomic E-state index is 0.860. The number of nitrogens with one attached hydrogen (secondary N) is 3. The Bertz CT molecular complexity index is 629. The van der Waals surface area contributed by atoms with Crippen LogP contribution in [0.3, 0.4) is 0 Å². The standard InChI is InChI=1S/C17H26N6S2/c1-14-16(23-13-22-14)12-25-9-7-21-17(18-2)20-6-8-24-11-15-4-3-5-19-10-15/h3-5,10,13H,6-9,11-12H2,1-2H3,(H,22,23)(H2,18,20,21). The molecule has 8 heteroatoms. The Morgan fingerprint density at radius 2 is 1.96 bits per heavy atom. The average Bonchev–Trinajstić information content (AvgIpc) is 3.05. The van der Waals surface area contributed by atoms with Crippen LogP contribution < -0.4 is 10.6 Å². The Balaban J connectivity index is 1.50. The molecule has 0 unspecified atom stereocenters. The number of guanidine groups is 1. The van der Waals surface area contributed by atoms with Crippen LogP contribution in [0.15, 0.2) is 35.8 Å². The van der Waals surface area contributed by atoms with E-state index in [-0.39, 0.29) is 0 Å². The number of imidazole rings is 1. The highest BCUT2D eigenvalue weighted by molar-refractivity contribution is 7.98. The number of aromatic nitrogens is 3. The zero-order valence-corrected chi connectivity index (χ0v) is 16.4. The summed E-state index contributed by atoms with van der Waals surface area (Å²) in [5.41, 5.74) is 3.55. The molecule has 2 rings (SSSR count). The zero-order chi connectivity index (χ0) is 17.7. The fraction of sp³-hybridized carbons (Fsp3) is 0.471. The van der Waals surface area contributed by atoms with E-state index in [1.54, 1.807) is 19.6 Å². The molecule has 0 radical (unpaired) electrons. The maximum Gasteiger partial charge on any atom is 0.191 e. The van der Waals surface area contributed by atoms with Gasteiger partial charge in [0.15, 0.2) is 5.96 Å². The van der Waals surface area contributed by atoms with E-state index in [9.17, 15) is 0 Å². The Labute approximate surface area is 158 Å². The van der Waals surface area contributed by atoms with Gasteiger partial charge in [0.25, 0.3) is 0 Å². The summed E-state index contributed by atoms with van der Waals surface area (Å²) in [5.74, 6) is 4.84. The Morgan fingerprint density at radius 1 is 1.20 bits per heavy atom. The summed E-state index contributed by atoms with van der Waals surface area (Å²) < 4.78 is 0. The molecule has 0 saturated carbocycles. The fourth-order valence-corrected chi connectivity index (χ4v) is 3.75. The fourth-order valence-electron chi connectivity index (χ4n) is 2.08. The van der Waals surface area contributed by atoms with Crippen molar-refractivity contribution in [3.63, 3.8) is 0 Å². The van der Waals surface area contributed by atoms with Gasteiger partial charge in [0.1, 0.15) is 0 Å². The van der Waals surface area contributed by atoms with Gasteiger partial charge in [-0.15, -0.1) is 0 Å². The number of rotatable bonds is 10. The van der Waals surface area contributed by atoms with Crippen LogP contribution in [-0.2, 0) is 11.5 Å². The highest BCUT2D eigenvalue weighted by Gasteiger charge is 2.01. The van der Waals surface area contributed by atoms with E-state index in [4.69, 9.17) is 0 Å². The zero-order valence-electron chi connectivity index (χ0n) is 14.8. The number of aromatic amines is 1. The first-order valence-electron chi connectivity index (χ1n) is 8.27. The lowest BCUT2D eigenvalue weighted by Gasteiger charge is -2.11. The summed E-state index contributed by atoms with van der Waals surface area (Å²) in [6.07, 6.45) is 5.48. The van der Waals surface area contributed by atoms with Gasteiger partial charge < -0.3 is 15.6 Å². The number of pyridine rings is 1. The monoisotopic (exact) mass is 378 g/mol. The predicted molar refractivity (Wildman–Crippen MR) is 109 cm³/mol. The van der Waals surface area contributed by atoms with Gasteiger partial charge in [0.05, 0.1) is 12.0 Å². The molecule has 2 aromatic rings. The first kappa shape index (κ1) is 19.7. The molecule has 2 heterocycles. The van der Waals surface area contributed by atoms with E-state index in [0.29, 0.717) is 0 Å². The van der Waals surface area contributed by atoms with E-state index in [2.05, 4.69) is 43.6 Å². The number of hydrogen-bond donors (Lipinski definition) is 3. The summed E-state index contributed by atoms with van der Waals surface area (Å²) in [5, 5.41) is 6.69. The summed E-state index contributed by atoms with van der Waals surface area (Å²) >= 11 is 3.76. The van der Waals surface area contributed by atoms with Gasteiger partial charge in [-0.2, -0.15) is 23.5 Å². The van der Waals surface area contributed by atoms with Crippen molar-refractivity contribution in [1.29, 1.82) is 0 Å². The third-order valence-electron chi connectivity index (χ3n) is 3.47. The van der Waals surface area contributed by atoms with Gasteiger partial charge in [-0.25, -0.2) is 4.98 Å². The molecule has 0 fully saturated rings. The molecule has 0 aliphatic carbocycles. The van der Waals surface area contributed by atoms with Gasteiger partial charge in [0, 0.05) is 61.2 Å². The lowest BCUT2D eigenvalue weighted by molar-refractivity contribution is 0.864. The molecular formula is C17H26N6S2. The van der Waals surface area contributed by atoms with E-state index < -0.39 is 0 Å². The Kier molecular flexibility index (Phi) is 9.28. The van der Waals surface area contributed by atoms with E-state index in [1.165, 1.54) is 5.56 Å². The topological polar surface area (TPSA) is 78.0 Å². The number of H-pyrrole nitrogens is 1. The van der Waals surface area contributed by atoms with Crippen LogP contribution in [0.25, 0.3) is 0 Å². The largest absolute Gasteiger partial charge is 0.356 e. The average molecular weight is 379 g/mol. The first-order valence-corrected chi connectivity index (χ1v) is 10.6. The summed E-state index contributed by atoms with van der Waals surface area (Å²) in [6, 6.07) is 4.08. The first-order chi connectivity index (χ1) is 12.3. The molecule has 25 heavy (non-hydrogen) atoms. The number of aryl methyl sites for hydroxylation is 1. The van der Waals surface area contributed by atoms with Crippen molar-refractivity contribution in [2.75, 3.05) is 31.6 Å². The third kappa shape index (κ3) is 7.83. The Morgan fingerprint density at radius 3 is 2.56 bits per heavy atom. The molecule has 6 nitrogen and oxygen atoms in total. The van der Waals surface area contributed by atoms with Gasteiger partial charge >= 0.3 is 0 Å². The van der Waals surface area contributed by atoms with Gasteiger partial charge in [0.2, 0.25) is 0 Å². The van der Waals surface area contributed by atoms with E-state index in [1.807, 2.05) is 35.8 Å². The third-order valence-corrected chi connectivity index (χ3v) is 5.47. The second-order valence-electron chi connectivity index (χ2n) is 5.37.